The van der Waals surface area contributed by atoms with Crippen LogP contribution in [0.5, 0.6) is 5.75 Å². The predicted octanol–water partition coefficient (Wildman–Crippen LogP) is 5.07. The van der Waals surface area contributed by atoms with Crippen molar-refractivity contribution in [2.45, 2.75) is 13.8 Å². The molecule has 3 aromatic carbocycles. The summed E-state index contributed by atoms with van der Waals surface area (Å²) in [7, 11) is 0. The summed E-state index contributed by atoms with van der Waals surface area (Å²) in [5, 5.41) is 2.79. The van der Waals surface area contributed by atoms with Crippen molar-refractivity contribution in [3.63, 3.8) is 0 Å². The molecular formula is C23H22N2O2. The molecule has 0 aliphatic carbocycles. The van der Waals surface area contributed by atoms with Crippen molar-refractivity contribution in [3.05, 3.63) is 89.5 Å². The fourth-order valence-corrected chi connectivity index (χ4v) is 2.52. The molecule has 0 saturated heterocycles. The van der Waals surface area contributed by atoms with Gasteiger partial charge in [-0.05, 0) is 73.0 Å². The number of carbonyl (C=O) groups is 1. The van der Waals surface area contributed by atoms with Gasteiger partial charge in [0, 0.05) is 11.9 Å². The van der Waals surface area contributed by atoms with Gasteiger partial charge in [-0.25, -0.2) is 0 Å². The van der Waals surface area contributed by atoms with E-state index in [9.17, 15) is 4.79 Å². The summed E-state index contributed by atoms with van der Waals surface area (Å²) in [6, 6.07) is 23.0. The van der Waals surface area contributed by atoms with Gasteiger partial charge in [-0.2, -0.15) is 0 Å². The number of aliphatic imine (C=N–C) groups is 1. The molecule has 0 radical (unpaired) electrons. The van der Waals surface area contributed by atoms with Crippen LogP contribution in [-0.4, -0.2) is 18.7 Å². The Morgan fingerprint density at radius 2 is 1.74 bits per heavy atom. The molecule has 27 heavy (non-hydrogen) atoms. The molecule has 4 heteroatoms. The van der Waals surface area contributed by atoms with Crippen molar-refractivity contribution >= 4 is 23.5 Å². The van der Waals surface area contributed by atoms with Crippen LogP contribution >= 0.6 is 0 Å². The quantitative estimate of drug-likeness (QED) is 0.625. The standard InChI is InChI=1S/C23H22N2O2/c1-17-8-9-18(2)22(14-17)24-15-19-10-12-21(13-11-19)27-16-23(26)25-20-6-4-3-5-7-20/h3-15H,16H2,1-2H3,(H,25,26). The maximum atomic E-state index is 11.9. The summed E-state index contributed by atoms with van der Waals surface area (Å²) in [5.74, 6) is 0.448. The van der Waals surface area contributed by atoms with Crippen molar-refractivity contribution in [1.29, 1.82) is 0 Å². The van der Waals surface area contributed by atoms with Crippen LogP contribution in [0.4, 0.5) is 11.4 Å². The third kappa shape index (κ3) is 5.54. The number of nitrogens with zero attached hydrogens (tertiary/aromatic N) is 1. The summed E-state index contributed by atoms with van der Waals surface area (Å²) in [6.07, 6.45) is 1.83. The second-order valence-corrected chi connectivity index (χ2v) is 6.32. The molecule has 0 heterocycles. The second-order valence-electron chi connectivity index (χ2n) is 6.32. The highest BCUT2D eigenvalue weighted by Crippen LogP contribution is 2.20. The number of aryl methyl sites for hydroxylation is 2. The highest BCUT2D eigenvalue weighted by Gasteiger charge is 2.03. The molecule has 0 aliphatic rings. The van der Waals surface area contributed by atoms with Crippen molar-refractivity contribution < 1.29 is 9.53 Å². The number of ether oxygens (including phenoxy) is 1. The van der Waals surface area contributed by atoms with Crippen LogP contribution < -0.4 is 10.1 Å². The highest BCUT2D eigenvalue weighted by molar-refractivity contribution is 5.91. The Balaban J connectivity index is 1.55. The maximum absolute atomic E-state index is 11.9. The number of benzene rings is 3. The van der Waals surface area contributed by atoms with E-state index < -0.39 is 0 Å². The topological polar surface area (TPSA) is 50.7 Å². The molecule has 0 aromatic heterocycles. The minimum Gasteiger partial charge on any atom is -0.484 e. The van der Waals surface area contributed by atoms with Crippen molar-refractivity contribution in [3.8, 4) is 5.75 Å². The van der Waals surface area contributed by atoms with Crippen LogP contribution in [0.3, 0.4) is 0 Å². The maximum Gasteiger partial charge on any atom is 0.262 e. The van der Waals surface area contributed by atoms with E-state index in [1.807, 2.05) is 67.7 Å². The molecule has 3 aromatic rings. The van der Waals surface area contributed by atoms with Crippen LogP contribution in [-0.2, 0) is 4.79 Å². The predicted molar refractivity (Wildman–Crippen MR) is 110 cm³/mol. The Morgan fingerprint density at radius 1 is 1.00 bits per heavy atom. The molecule has 4 nitrogen and oxygen atoms in total. The fourth-order valence-electron chi connectivity index (χ4n) is 2.52. The first-order chi connectivity index (χ1) is 13.1. The van der Waals surface area contributed by atoms with Gasteiger partial charge in [-0.3, -0.25) is 9.79 Å². The zero-order valence-electron chi connectivity index (χ0n) is 15.5. The molecule has 3 rings (SSSR count). The van der Waals surface area contributed by atoms with E-state index in [0.29, 0.717) is 5.75 Å². The number of amides is 1. The molecule has 0 saturated carbocycles. The molecule has 136 valence electrons. The van der Waals surface area contributed by atoms with Gasteiger partial charge in [0.1, 0.15) is 5.75 Å². The van der Waals surface area contributed by atoms with Gasteiger partial charge >= 0.3 is 0 Å². The number of hydrogen-bond acceptors (Lipinski definition) is 3. The van der Waals surface area contributed by atoms with Gasteiger partial charge in [0.2, 0.25) is 0 Å². The number of carbonyl (C=O) groups excluding carboxylic acids is 1. The Bertz CT molecular complexity index is 932. The molecule has 0 spiro atoms. The van der Waals surface area contributed by atoms with Gasteiger partial charge in [-0.15, -0.1) is 0 Å². The van der Waals surface area contributed by atoms with Gasteiger partial charge < -0.3 is 10.1 Å². The lowest BCUT2D eigenvalue weighted by atomic mass is 10.1. The first-order valence-corrected chi connectivity index (χ1v) is 8.79. The minimum atomic E-state index is -0.193. The van der Waals surface area contributed by atoms with E-state index in [2.05, 4.69) is 35.4 Å². The lowest BCUT2D eigenvalue weighted by Gasteiger charge is -2.07. The molecule has 0 aliphatic heterocycles. The van der Waals surface area contributed by atoms with E-state index in [-0.39, 0.29) is 12.5 Å². The number of nitrogens with one attached hydrogen (secondary N) is 1. The molecule has 0 bridgehead atoms. The Labute approximate surface area is 159 Å². The molecule has 1 amide bonds. The molecule has 0 unspecified atom stereocenters. The Kier molecular flexibility index (Phi) is 6.00. The largest absolute Gasteiger partial charge is 0.484 e. The zero-order valence-corrected chi connectivity index (χ0v) is 15.5. The van der Waals surface area contributed by atoms with Crippen LogP contribution in [0.25, 0.3) is 0 Å². The monoisotopic (exact) mass is 358 g/mol. The molecule has 0 atom stereocenters. The zero-order chi connectivity index (χ0) is 19.1. The van der Waals surface area contributed by atoms with Crippen LogP contribution in [0.1, 0.15) is 16.7 Å². The molecule has 1 N–H and O–H groups in total. The van der Waals surface area contributed by atoms with E-state index in [0.717, 1.165) is 22.5 Å². The average Bonchev–Trinajstić information content (AvgIpc) is 2.69. The Hall–Kier alpha value is -3.40. The van der Waals surface area contributed by atoms with Gasteiger partial charge in [0.25, 0.3) is 5.91 Å². The summed E-state index contributed by atoms with van der Waals surface area (Å²) < 4.78 is 5.54. The summed E-state index contributed by atoms with van der Waals surface area (Å²) in [6.45, 7) is 4.06. The first kappa shape index (κ1) is 18.4. The lowest BCUT2D eigenvalue weighted by molar-refractivity contribution is -0.118. The highest BCUT2D eigenvalue weighted by atomic mass is 16.5. The average molecular weight is 358 g/mol. The van der Waals surface area contributed by atoms with Gasteiger partial charge in [0.15, 0.2) is 6.61 Å². The number of hydrogen-bond donors (Lipinski definition) is 1. The fraction of sp³-hybridized carbons (Fsp3) is 0.130. The van der Waals surface area contributed by atoms with Crippen molar-refractivity contribution in [2.75, 3.05) is 11.9 Å². The van der Waals surface area contributed by atoms with Gasteiger partial charge in [0.05, 0.1) is 5.69 Å². The number of rotatable bonds is 6. The smallest absolute Gasteiger partial charge is 0.262 e. The van der Waals surface area contributed by atoms with Crippen LogP contribution in [0, 0.1) is 13.8 Å². The van der Waals surface area contributed by atoms with Crippen molar-refractivity contribution in [2.24, 2.45) is 4.99 Å². The SMILES string of the molecule is Cc1ccc(C)c(N=Cc2ccc(OCC(=O)Nc3ccccc3)cc2)c1. The van der Waals surface area contributed by atoms with Crippen LogP contribution in [0.15, 0.2) is 77.8 Å². The summed E-state index contributed by atoms with van der Waals surface area (Å²) >= 11 is 0. The first-order valence-electron chi connectivity index (χ1n) is 8.79. The van der Waals surface area contributed by atoms with Crippen molar-refractivity contribution in [1.82, 2.24) is 0 Å². The summed E-state index contributed by atoms with van der Waals surface area (Å²) in [5.41, 5.74) is 5.01. The van der Waals surface area contributed by atoms with E-state index in [1.54, 1.807) is 0 Å². The lowest BCUT2D eigenvalue weighted by Crippen LogP contribution is -2.20. The molecular weight excluding hydrogens is 336 g/mol. The number of anilines is 1. The van der Waals surface area contributed by atoms with Crippen LogP contribution in [0.2, 0.25) is 0 Å². The normalized spacial score (nSPS) is 10.7. The van der Waals surface area contributed by atoms with Gasteiger partial charge in [-0.1, -0.05) is 30.3 Å². The Morgan fingerprint density at radius 3 is 2.48 bits per heavy atom. The minimum absolute atomic E-state index is 0.0369. The van der Waals surface area contributed by atoms with E-state index in [1.165, 1.54) is 5.56 Å². The molecule has 0 fully saturated rings. The van der Waals surface area contributed by atoms with E-state index >= 15 is 0 Å². The van der Waals surface area contributed by atoms with E-state index in [4.69, 9.17) is 4.74 Å². The third-order valence-corrected chi connectivity index (χ3v) is 4.02. The number of para-hydroxylation sites is 1. The third-order valence-electron chi connectivity index (χ3n) is 4.02. The second kappa shape index (κ2) is 8.81. The summed E-state index contributed by atoms with van der Waals surface area (Å²) in [4.78, 5) is 16.5.